The SMILES string of the molecule is CCC(C)c1ccc(-c2csc(NC(=O)c3cc(Cl)ccc3[N+](=O)[O-])n2)cc1. The summed E-state index contributed by atoms with van der Waals surface area (Å²) < 4.78 is 0. The second-order valence-corrected chi connectivity index (χ2v) is 7.64. The maximum atomic E-state index is 12.5. The zero-order valence-corrected chi connectivity index (χ0v) is 16.9. The highest BCUT2D eigenvalue weighted by molar-refractivity contribution is 7.14. The van der Waals surface area contributed by atoms with Crippen LogP contribution in [0.2, 0.25) is 5.02 Å². The van der Waals surface area contributed by atoms with E-state index >= 15 is 0 Å². The first-order valence-corrected chi connectivity index (χ1v) is 9.96. The van der Waals surface area contributed by atoms with Crippen LogP contribution in [-0.4, -0.2) is 15.8 Å². The van der Waals surface area contributed by atoms with E-state index in [1.807, 2.05) is 17.5 Å². The van der Waals surface area contributed by atoms with Gasteiger partial charge in [-0.05, 0) is 30.0 Å². The van der Waals surface area contributed by atoms with Gasteiger partial charge in [-0.25, -0.2) is 4.98 Å². The van der Waals surface area contributed by atoms with Crippen LogP contribution in [0.1, 0.15) is 42.1 Å². The molecule has 1 unspecified atom stereocenters. The van der Waals surface area contributed by atoms with Crippen molar-refractivity contribution >= 4 is 39.7 Å². The number of nitrogens with one attached hydrogen (secondary N) is 1. The third kappa shape index (κ3) is 4.37. The molecule has 0 bridgehead atoms. The number of anilines is 1. The number of rotatable bonds is 6. The summed E-state index contributed by atoms with van der Waals surface area (Å²) in [7, 11) is 0. The van der Waals surface area contributed by atoms with Gasteiger partial charge >= 0.3 is 0 Å². The van der Waals surface area contributed by atoms with E-state index in [1.54, 1.807) is 0 Å². The fourth-order valence-corrected chi connectivity index (χ4v) is 3.58. The zero-order valence-electron chi connectivity index (χ0n) is 15.3. The first kappa shape index (κ1) is 20.0. The number of aromatic nitrogens is 1. The van der Waals surface area contributed by atoms with Crippen molar-refractivity contribution in [3.8, 4) is 11.3 Å². The monoisotopic (exact) mass is 415 g/mol. The van der Waals surface area contributed by atoms with Crippen molar-refractivity contribution in [2.45, 2.75) is 26.2 Å². The molecule has 1 aromatic heterocycles. The molecule has 3 aromatic rings. The summed E-state index contributed by atoms with van der Waals surface area (Å²) in [6.45, 7) is 4.33. The molecule has 0 fully saturated rings. The molecule has 1 N–H and O–H groups in total. The Morgan fingerprint density at radius 1 is 1.29 bits per heavy atom. The van der Waals surface area contributed by atoms with E-state index < -0.39 is 10.8 Å². The number of carbonyl (C=O) groups excluding carboxylic acids is 1. The van der Waals surface area contributed by atoms with Gasteiger partial charge in [0, 0.05) is 22.0 Å². The molecule has 0 aliphatic carbocycles. The van der Waals surface area contributed by atoms with E-state index in [1.165, 1.54) is 35.1 Å². The number of nitrogens with zero attached hydrogens (tertiary/aromatic N) is 2. The van der Waals surface area contributed by atoms with Crippen LogP contribution in [0.25, 0.3) is 11.3 Å². The van der Waals surface area contributed by atoms with Gasteiger partial charge < -0.3 is 0 Å². The minimum Gasteiger partial charge on any atom is -0.298 e. The average Bonchev–Trinajstić information content (AvgIpc) is 3.15. The minimum absolute atomic E-state index is 0.104. The first-order chi connectivity index (χ1) is 13.4. The number of benzene rings is 2. The highest BCUT2D eigenvalue weighted by Crippen LogP contribution is 2.29. The minimum atomic E-state index is -0.623. The van der Waals surface area contributed by atoms with Crippen LogP contribution < -0.4 is 5.32 Å². The smallest absolute Gasteiger partial charge is 0.282 e. The van der Waals surface area contributed by atoms with E-state index in [0.29, 0.717) is 11.0 Å². The maximum Gasteiger partial charge on any atom is 0.282 e. The van der Waals surface area contributed by atoms with Crippen LogP contribution >= 0.6 is 22.9 Å². The van der Waals surface area contributed by atoms with Crippen molar-refractivity contribution < 1.29 is 9.72 Å². The molecule has 1 heterocycles. The maximum absolute atomic E-state index is 12.5. The molecule has 0 radical (unpaired) electrons. The van der Waals surface area contributed by atoms with Gasteiger partial charge in [-0.2, -0.15) is 0 Å². The molecule has 1 amide bonds. The molecule has 144 valence electrons. The summed E-state index contributed by atoms with van der Waals surface area (Å²) in [5.74, 6) is -0.130. The fraction of sp³-hybridized carbons (Fsp3) is 0.200. The number of hydrogen-bond acceptors (Lipinski definition) is 5. The lowest BCUT2D eigenvalue weighted by molar-refractivity contribution is -0.385. The number of halogens is 1. The number of thiazole rings is 1. The van der Waals surface area contributed by atoms with Crippen LogP contribution in [0.5, 0.6) is 0 Å². The van der Waals surface area contributed by atoms with Crippen molar-refractivity contribution in [3.05, 3.63) is 74.1 Å². The van der Waals surface area contributed by atoms with Crippen LogP contribution in [0.15, 0.2) is 47.8 Å². The van der Waals surface area contributed by atoms with E-state index in [0.717, 1.165) is 17.7 Å². The number of carbonyl (C=O) groups is 1. The Morgan fingerprint density at radius 2 is 2.00 bits per heavy atom. The second kappa shape index (κ2) is 8.50. The number of amides is 1. The zero-order chi connectivity index (χ0) is 20.3. The molecule has 2 aromatic carbocycles. The van der Waals surface area contributed by atoms with E-state index in [9.17, 15) is 14.9 Å². The third-order valence-electron chi connectivity index (χ3n) is 4.51. The molecular formula is C20H18ClN3O3S. The van der Waals surface area contributed by atoms with Gasteiger partial charge in [0.15, 0.2) is 5.13 Å². The van der Waals surface area contributed by atoms with E-state index in [-0.39, 0.29) is 16.3 Å². The molecular weight excluding hydrogens is 398 g/mol. The summed E-state index contributed by atoms with van der Waals surface area (Å²) in [5, 5.41) is 16.2. The molecule has 0 aliphatic rings. The Morgan fingerprint density at radius 3 is 2.64 bits per heavy atom. The predicted octanol–water partition coefficient (Wildman–Crippen LogP) is 6.14. The van der Waals surface area contributed by atoms with Gasteiger partial charge in [-0.3, -0.25) is 20.2 Å². The van der Waals surface area contributed by atoms with Gasteiger partial charge in [0.05, 0.1) is 10.6 Å². The normalized spacial score (nSPS) is 11.8. The average molecular weight is 416 g/mol. The lowest BCUT2D eigenvalue weighted by Gasteiger charge is -2.08. The second-order valence-electron chi connectivity index (χ2n) is 6.34. The van der Waals surface area contributed by atoms with Gasteiger partial charge in [-0.15, -0.1) is 11.3 Å². The number of hydrogen-bond donors (Lipinski definition) is 1. The van der Waals surface area contributed by atoms with Crippen molar-refractivity contribution in [2.75, 3.05) is 5.32 Å². The van der Waals surface area contributed by atoms with Crippen molar-refractivity contribution in [1.82, 2.24) is 4.98 Å². The quantitative estimate of drug-likeness (QED) is 0.387. The van der Waals surface area contributed by atoms with Gasteiger partial charge in [0.25, 0.3) is 11.6 Å². The van der Waals surface area contributed by atoms with Crippen molar-refractivity contribution in [2.24, 2.45) is 0 Å². The number of nitro groups is 1. The van der Waals surface area contributed by atoms with E-state index in [2.05, 4.69) is 36.3 Å². The van der Waals surface area contributed by atoms with Crippen LogP contribution in [0, 0.1) is 10.1 Å². The Balaban J connectivity index is 1.79. The predicted molar refractivity (Wildman–Crippen MR) is 112 cm³/mol. The standard InChI is InChI=1S/C20H18ClN3O3S/c1-3-12(2)13-4-6-14(7-5-13)17-11-28-20(22-17)23-19(25)16-10-15(21)8-9-18(16)24(26)27/h4-12H,3H2,1-2H3,(H,22,23,25). The fourth-order valence-electron chi connectivity index (χ4n) is 2.70. The van der Waals surface area contributed by atoms with Crippen molar-refractivity contribution in [3.63, 3.8) is 0 Å². The molecule has 0 aliphatic heterocycles. The summed E-state index contributed by atoms with van der Waals surface area (Å²) in [5.41, 5.74) is 2.53. The number of nitro benzene ring substituents is 1. The topological polar surface area (TPSA) is 85.1 Å². The molecule has 6 nitrogen and oxygen atoms in total. The molecule has 0 saturated heterocycles. The molecule has 1 atom stereocenters. The van der Waals surface area contributed by atoms with Crippen LogP contribution in [0.3, 0.4) is 0 Å². The molecule has 8 heteroatoms. The van der Waals surface area contributed by atoms with Gasteiger partial charge in [-0.1, -0.05) is 49.7 Å². The Kier molecular flexibility index (Phi) is 6.06. The highest BCUT2D eigenvalue weighted by Gasteiger charge is 2.21. The largest absolute Gasteiger partial charge is 0.298 e. The lowest BCUT2D eigenvalue weighted by atomic mass is 9.97. The summed E-state index contributed by atoms with van der Waals surface area (Å²) in [6, 6.07) is 12.0. The third-order valence-corrected chi connectivity index (χ3v) is 5.51. The molecule has 3 rings (SSSR count). The Bertz CT molecular complexity index is 1020. The van der Waals surface area contributed by atoms with E-state index in [4.69, 9.17) is 11.6 Å². The molecule has 0 spiro atoms. The highest BCUT2D eigenvalue weighted by atomic mass is 35.5. The van der Waals surface area contributed by atoms with Crippen LogP contribution in [-0.2, 0) is 0 Å². The molecule has 28 heavy (non-hydrogen) atoms. The summed E-state index contributed by atoms with van der Waals surface area (Å²) >= 11 is 7.14. The van der Waals surface area contributed by atoms with Crippen LogP contribution in [0.4, 0.5) is 10.8 Å². The van der Waals surface area contributed by atoms with Gasteiger partial charge in [0.2, 0.25) is 0 Å². The first-order valence-electron chi connectivity index (χ1n) is 8.70. The van der Waals surface area contributed by atoms with Gasteiger partial charge in [0.1, 0.15) is 5.56 Å². The lowest BCUT2D eigenvalue weighted by Crippen LogP contribution is -2.13. The molecule has 0 saturated carbocycles. The Labute approximate surface area is 171 Å². The van der Waals surface area contributed by atoms with Crippen molar-refractivity contribution in [1.29, 1.82) is 0 Å². The Hall–Kier alpha value is -2.77. The summed E-state index contributed by atoms with van der Waals surface area (Å²) in [6.07, 6.45) is 1.07. The summed E-state index contributed by atoms with van der Waals surface area (Å²) in [4.78, 5) is 27.4.